The molecule has 0 saturated heterocycles. The highest BCUT2D eigenvalue weighted by atomic mass is 79.9. The number of rotatable bonds is 9. The minimum atomic E-state index is -0.581. The number of hydrazone groups is 1. The SMILES string of the molecule is COc1cc(C=NNC(=O)CC(=O)Nc2ccc(Cl)c(Cl)c2)cc(Br)c1OCc1ccccc1. The zero-order valence-electron chi connectivity index (χ0n) is 18.0. The molecule has 0 heterocycles. The Balaban J connectivity index is 1.55. The minimum absolute atomic E-state index is 0.298. The van der Waals surface area contributed by atoms with E-state index in [1.54, 1.807) is 24.3 Å². The smallest absolute Gasteiger partial charge is 0.249 e. The maximum Gasteiger partial charge on any atom is 0.249 e. The number of nitrogens with one attached hydrogen (secondary N) is 2. The number of halogens is 3. The zero-order valence-corrected chi connectivity index (χ0v) is 21.1. The molecular formula is C24H20BrCl2N3O4. The van der Waals surface area contributed by atoms with Crippen molar-refractivity contribution >= 4 is 62.8 Å². The quantitative estimate of drug-likeness (QED) is 0.195. The summed E-state index contributed by atoms with van der Waals surface area (Å²) in [4.78, 5) is 24.1. The van der Waals surface area contributed by atoms with E-state index in [0.717, 1.165) is 5.56 Å². The van der Waals surface area contributed by atoms with Gasteiger partial charge in [0.25, 0.3) is 0 Å². The van der Waals surface area contributed by atoms with Crippen LogP contribution in [-0.2, 0) is 16.2 Å². The first-order valence-corrected chi connectivity index (χ1v) is 11.5. The lowest BCUT2D eigenvalue weighted by Crippen LogP contribution is -2.24. The number of amides is 2. The predicted octanol–water partition coefficient (Wildman–Crippen LogP) is 5.82. The number of nitrogens with zero attached hydrogens (tertiary/aromatic N) is 1. The molecule has 0 radical (unpaired) electrons. The van der Waals surface area contributed by atoms with Crippen molar-refractivity contribution in [3.8, 4) is 11.5 Å². The summed E-state index contributed by atoms with van der Waals surface area (Å²) in [6.07, 6.45) is 1.01. The molecule has 34 heavy (non-hydrogen) atoms. The fourth-order valence-corrected chi connectivity index (χ4v) is 3.70. The first kappa shape index (κ1) is 25.6. The second-order valence-corrected chi connectivity index (χ2v) is 8.62. The van der Waals surface area contributed by atoms with Crippen LogP contribution >= 0.6 is 39.1 Å². The van der Waals surface area contributed by atoms with Crippen LogP contribution in [0.2, 0.25) is 10.0 Å². The van der Waals surface area contributed by atoms with Gasteiger partial charge in [-0.1, -0.05) is 53.5 Å². The van der Waals surface area contributed by atoms with Crippen LogP contribution in [0.3, 0.4) is 0 Å². The first-order valence-electron chi connectivity index (χ1n) is 9.96. The fourth-order valence-electron chi connectivity index (χ4n) is 2.83. The lowest BCUT2D eigenvalue weighted by atomic mass is 10.2. The molecule has 0 aliphatic heterocycles. The number of methoxy groups -OCH3 is 1. The van der Waals surface area contributed by atoms with Crippen molar-refractivity contribution in [2.45, 2.75) is 13.0 Å². The van der Waals surface area contributed by atoms with Crippen LogP contribution < -0.4 is 20.2 Å². The Kier molecular flexibility index (Phi) is 9.33. The third-order valence-electron chi connectivity index (χ3n) is 4.41. The molecule has 0 fully saturated rings. The van der Waals surface area contributed by atoms with Crippen molar-refractivity contribution in [3.05, 3.63) is 86.3 Å². The van der Waals surface area contributed by atoms with Crippen LogP contribution in [0.4, 0.5) is 5.69 Å². The second-order valence-electron chi connectivity index (χ2n) is 6.96. The molecule has 2 N–H and O–H groups in total. The average Bonchev–Trinajstić information content (AvgIpc) is 2.81. The third kappa shape index (κ3) is 7.48. The lowest BCUT2D eigenvalue weighted by Gasteiger charge is -2.13. The number of benzene rings is 3. The lowest BCUT2D eigenvalue weighted by molar-refractivity contribution is -0.126. The third-order valence-corrected chi connectivity index (χ3v) is 5.73. The Morgan fingerprint density at radius 3 is 2.50 bits per heavy atom. The van der Waals surface area contributed by atoms with Crippen LogP contribution in [0.1, 0.15) is 17.5 Å². The van der Waals surface area contributed by atoms with Crippen molar-refractivity contribution in [2.24, 2.45) is 5.10 Å². The van der Waals surface area contributed by atoms with Crippen molar-refractivity contribution in [1.82, 2.24) is 5.43 Å². The molecule has 3 rings (SSSR count). The molecule has 0 bridgehead atoms. The van der Waals surface area contributed by atoms with Gasteiger partial charge in [0, 0.05) is 5.69 Å². The van der Waals surface area contributed by atoms with Crippen LogP contribution in [-0.4, -0.2) is 25.1 Å². The highest BCUT2D eigenvalue weighted by molar-refractivity contribution is 9.10. The molecular weight excluding hydrogens is 545 g/mol. The Labute approximate surface area is 215 Å². The Bertz CT molecular complexity index is 1210. The standard InChI is InChI=1S/C24H20BrCl2N3O4/c1-33-21-10-16(9-18(25)24(21)34-14-15-5-3-2-4-6-15)13-28-30-23(32)12-22(31)29-17-7-8-19(26)20(27)11-17/h2-11,13H,12,14H2,1H3,(H,29,31)(H,30,32). The van der Waals surface area contributed by atoms with E-state index < -0.39 is 18.2 Å². The average molecular weight is 565 g/mol. The number of hydrogen-bond acceptors (Lipinski definition) is 5. The molecule has 0 unspecified atom stereocenters. The maximum absolute atomic E-state index is 12.0. The summed E-state index contributed by atoms with van der Waals surface area (Å²) in [5, 5.41) is 7.14. The van der Waals surface area contributed by atoms with E-state index in [2.05, 4.69) is 31.8 Å². The van der Waals surface area contributed by atoms with Crippen LogP contribution in [0.15, 0.2) is 70.2 Å². The number of anilines is 1. The molecule has 176 valence electrons. The molecule has 7 nitrogen and oxygen atoms in total. The van der Waals surface area contributed by atoms with Gasteiger partial charge in [0.2, 0.25) is 11.8 Å². The monoisotopic (exact) mass is 563 g/mol. The molecule has 0 atom stereocenters. The van der Waals surface area contributed by atoms with Gasteiger partial charge in [0.15, 0.2) is 11.5 Å². The van der Waals surface area contributed by atoms with E-state index in [1.165, 1.54) is 19.4 Å². The first-order chi connectivity index (χ1) is 16.4. The van der Waals surface area contributed by atoms with E-state index in [9.17, 15) is 9.59 Å². The zero-order chi connectivity index (χ0) is 24.5. The molecule has 3 aromatic carbocycles. The van der Waals surface area contributed by atoms with E-state index >= 15 is 0 Å². The van der Waals surface area contributed by atoms with Crippen molar-refractivity contribution in [3.63, 3.8) is 0 Å². The number of carbonyl (C=O) groups excluding carboxylic acids is 2. The summed E-state index contributed by atoms with van der Waals surface area (Å²) in [5.74, 6) is -0.0522. The van der Waals surface area contributed by atoms with Gasteiger partial charge >= 0.3 is 0 Å². The normalized spacial score (nSPS) is 10.7. The van der Waals surface area contributed by atoms with Gasteiger partial charge in [0.05, 0.1) is 27.8 Å². The van der Waals surface area contributed by atoms with Crippen LogP contribution in [0.5, 0.6) is 11.5 Å². The van der Waals surface area contributed by atoms with Gasteiger partial charge in [-0.2, -0.15) is 5.10 Å². The highest BCUT2D eigenvalue weighted by Gasteiger charge is 2.13. The summed E-state index contributed by atoms with van der Waals surface area (Å²) in [7, 11) is 1.53. The van der Waals surface area contributed by atoms with Crippen molar-refractivity contribution in [1.29, 1.82) is 0 Å². The summed E-state index contributed by atoms with van der Waals surface area (Å²) < 4.78 is 12.0. The van der Waals surface area contributed by atoms with E-state index in [4.69, 9.17) is 32.7 Å². The minimum Gasteiger partial charge on any atom is -0.493 e. The van der Waals surface area contributed by atoms with Gasteiger partial charge in [-0.05, 0) is 57.4 Å². The molecule has 0 aliphatic carbocycles. The van der Waals surface area contributed by atoms with Crippen LogP contribution in [0.25, 0.3) is 0 Å². The molecule has 2 amide bonds. The molecule has 10 heteroatoms. The summed E-state index contributed by atoms with van der Waals surface area (Å²) in [6, 6.07) is 17.9. The summed E-state index contributed by atoms with van der Waals surface area (Å²) in [5.41, 5.74) is 4.42. The highest BCUT2D eigenvalue weighted by Crippen LogP contribution is 2.36. The number of hydrogen-bond donors (Lipinski definition) is 2. The van der Waals surface area contributed by atoms with Crippen molar-refractivity contribution < 1.29 is 19.1 Å². The fraction of sp³-hybridized carbons (Fsp3) is 0.125. The molecule has 0 aromatic heterocycles. The Morgan fingerprint density at radius 1 is 1.03 bits per heavy atom. The number of ether oxygens (including phenoxy) is 2. The Morgan fingerprint density at radius 2 is 1.79 bits per heavy atom. The van der Waals surface area contributed by atoms with Gasteiger partial charge in [-0.15, -0.1) is 0 Å². The van der Waals surface area contributed by atoms with Gasteiger partial charge < -0.3 is 14.8 Å². The predicted molar refractivity (Wildman–Crippen MR) is 137 cm³/mol. The second kappa shape index (κ2) is 12.4. The van der Waals surface area contributed by atoms with Gasteiger partial charge in [0.1, 0.15) is 13.0 Å². The topological polar surface area (TPSA) is 89.0 Å². The number of carbonyl (C=O) groups is 2. The van der Waals surface area contributed by atoms with Crippen LogP contribution in [0, 0.1) is 0 Å². The molecule has 0 aliphatic rings. The largest absolute Gasteiger partial charge is 0.493 e. The molecule has 3 aromatic rings. The van der Waals surface area contributed by atoms with Gasteiger partial charge in [-0.3, -0.25) is 9.59 Å². The van der Waals surface area contributed by atoms with E-state index in [-0.39, 0.29) is 0 Å². The van der Waals surface area contributed by atoms with E-state index in [1.807, 2.05) is 30.3 Å². The summed E-state index contributed by atoms with van der Waals surface area (Å²) >= 11 is 15.2. The molecule has 0 saturated carbocycles. The molecule has 0 spiro atoms. The van der Waals surface area contributed by atoms with Gasteiger partial charge in [-0.25, -0.2) is 5.43 Å². The van der Waals surface area contributed by atoms with Crippen molar-refractivity contribution in [2.75, 3.05) is 12.4 Å². The maximum atomic E-state index is 12.0. The van der Waals surface area contributed by atoms with E-state index in [0.29, 0.717) is 43.9 Å². The Hall–Kier alpha value is -3.07. The summed E-state index contributed by atoms with van der Waals surface area (Å²) in [6.45, 7) is 0.379.